The number of hydrazine groups is 1. The molecular weight excluding hydrogens is 556 g/mol. The topological polar surface area (TPSA) is 67.9 Å². The van der Waals surface area contributed by atoms with Gasteiger partial charge in [-0.1, -0.05) is 27.7 Å². The molecule has 1 fully saturated rings. The summed E-state index contributed by atoms with van der Waals surface area (Å²) in [4.78, 5) is 25.6. The van der Waals surface area contributed by atoms with Crippen LogP contribution in [0.5, 0.6) is 11.5 Å². The molecule has 0 saturated carbocycles. The number of rotatable bonds is 6. The fraction of sp³-hybridized carbons (Fsp3) is 0.150. The third-order valence-corrected chi connectivity index (χ3v) is 6.37. The summed E-state index contributed by atoms with van der Waals surface area (Å²) in [7, 11) is 1.55. The van der Waals surface area contributed by atoms with Gasteiger partial charge in [0.15, 0.2) is 15.8 Å². The number of thioether (sulfide) groups is 1. The molecule has 6 nitrogen and oxygen atoms in total. The molecule has 2 amide bonds. The summed E-state index contributed by atoms with van der Waals surface area (Å²) in [5.74, 6) is 0.299. The molecule has 1 heterocycles. The van der Waals surface area contributed by atoms with Crippen LogP contribution < -0.4 is 14.9 Å². The number of nitrogens with one attached hydrogen (secondary N) is 1. The predicted molar refractivity (Wildman–Crippen MR) is 128 cm³/mol. The van der Waals surface area contributed by atoms with E-state index in [1.807, 2.05) is 13.0 Å². The second kappa shape index (κ2) is 9.95. The molecule has 0 aromatic heterocycles. The van der Waals surface area contributed by atoms with Crippen LogP contribution in [0.2, 0.25) is 0 Å². The first-order valence-corrected chi connectivity index (χ1v) is 11.5. The van der Waals surface area contributed by atoms with Crippen LogP contribution in [0.1, 0.15) is 22.8 Å². The van der Waals surface area contributed by atoms with E-state index < -0.39 is 11.8 Å². The first-order chi connectivity index (χ1) is 14.3. The second-order valence-electron chi connectivity index (χ2n) is 5.93. The van der Waals surface area contributed by atoms with Gasteiger partial charge in [0.05, 0.1) is 23.1 Å². The molecule has 0 radical (unpaired) electrons. The Morgan fingerprint density at radius 3 is 2.60 bits per heavy atom. The standard InChI is InChI=1S/C20H16Br2N2O4S2/c1-3-28-17-14(22)8-11(9-15(17)27-2)10-16-19(26)24(20(29)30-16)23-18(25)12-4-6-13(21)7-5-12/h4-10H,3H2,1-2H3,(H,23,25)/b16-10-. The highest BCUT2D eigenvalue weighted by atomic mass is 79.9. The average Bonchev–Trinajstić information content (AvgIpc) is 2.97. The van der Waals surface area contributed by atoms with Crippen LogP contribution in [0.25, 0.3) is 6.08 Å². The van der Waals surface area contributed by atoms with E-state index in [9.17, 15) is 9.59 Å². The Morgan fingerprint density at radius 2 is 1.97 bits per heavy atom. The fourth-order valence-electron chi connectivity index (χ4n) is 2.59. The van der Waals surface area contributed by atoms with Gasteiger partial charge in [0.1, 0.15) is 0 Å². The lowest BCUT2D eigenvalue weighted by Crippen LogP contribution is -2.44. The van der Waals surface area contributed by atoms with Crippen LogP contribution in [0.4, 0.5) is 0 Å². The van der Waals surface area contributed by atoms with Gasteiger partial charge in [-0.3, -0.25) is 15.0 Å². The van der Waals surface area contributed by atoms with Gasteiger partial charge in [-0.15, -0.1) is 0 Å². The maximum atomic E-state index is 12.8. The minimum Gasteiger partial charge on any atom is -0.493 e. The van der Waals surface area contributed by atoms with E-state index in [1.165, 1.54) is 0 Å². The Bertz CT molecular complexity index is 1040. The van der Waals surface area contributed by atoms with Crippen molar-refractivity contribution in [2.75, 3.05) is 13.7 Å². The number of carbonyl (C=O) groups excluding carboxylic acids is 2. The van der Waals surface area contributed by atoms with E-state index >= 15 is 0 Å². The summed E-state index contributed by atoms with van der Waals surface area (Å²) in [6.45, 7) is 2.37. The normalized spacial score (nSPS) is 14.9. The lowest BCUT2D eigenvalue weighted by molar-refractivity contribution is -0.123. The molecule has 2 aromatic carbocycles. The van der Waals surface area contributed by atoms with Crippen LogP contribution >= 0.6 is 55.8 Å². The lowest BCUT2D eigenvalue weighted by atomic mass is 10.2. The summed E-state index contributed by atoms with van der Waals surface area (Å²) in [5.41, 5.74) is 3.70. The van der Waals surface area contributed by atoms with Gasteiger partial charge in [0.25, 0.3) is 11.8 Å². The molecule has 156 valence electrons. The molecule has 1 aliphatic rings. The average molecular weight is 572 g/mol. The number of carbonyl (C=O) groups is 2. The van der Waals surface area contributed by atoms with Crippen LogP contribution in [0.3, 0.4) is 0 Å². The van der Waals surface area contributed by atoms with Gasteiger partial charge < -0.3 is 9.47 Å². The summed E-state index contributed by atoms with van der Waals surface area (Å²) < 4.78 is 12.8. The number of thiocarbonyl (C=S) groups is 1. The molecule has 3 rings (SSSR count). The third-order valence-electron chi connectivity index (χ3n) is 3.95. The molecule has 2 aromatic rings. The van der Waals surface area contributed by atoms with Crippen molar-refractivity contribution in [3.8, 4) is 11.5 Å². The van der Waals surface area contributed by atoms with Gasteiger partial charge in [0.2, 0.25) is 0 Å². The van der Waals surface area contributed by atoms with Gasteiger partial charge in [-0.2, -0.15) is 5.01 Å². The minimum atomic E-state index is -0.425. The highest BCUT2D eigenvalue weighted by Gasteiger charge is 2.34. The quantitative estimate of drug-likeness (QED) is 0.381. The number of ether oxygens (including phenoxy) is 2. The van der Waals surface area contributed by atoms with Crippen molar-refractivity contribution < 1.29 is 19.1 Å². The van der Waals surface area contributed by atoms with Crippen molar-refractivity contribution in [3.05, 3.63) is 61.4 Å². The molecule has 1 saturated heterocycles. The highest BCUT2D eigenvalue weighted by Crippen LogP contribution is 2.39. The largest absolute Gasteiger partial charge is 0.493 e. The summed E-state index contributed by atoms with van der Waals surface area (Å²) in [6.07, 6.45) is 1.69. The minimum absolute atomic E-state index is 0.244. The third kappa shape index (κ3) is 5.05. The number of halogens is 2. The molecule has 1 N–H and O–H groups in total. The first-order valence-electron chi connectivity index (χ1n) is 8.69. The zero-order valence-electron chi connectivity index (χ0n) is 15.9. The van der Waals surface area contributed by atoms with E-state index in [4.69, 9.17) is 21.7 Å². The molecule has 30 heavy (non-hydrogen) atoms. The van der Waals surface area contributed by atoms with Gasteiger partial charge in [-0.25, -0.2) is 0 Å². The smallest absolute Gasteiger partial charge is 0.285 e. The summed E-state index contributed by atoms with van der Waals surface area (Å²) in [6, 6.07) is 10.4. The van der Waals surface area contributed by atoms with Gasteiger partial charge >= 0.3 is 0 Å². The summed E-state index contributed by atoms with van der Waals surface area (Å²) in [5, 5.41) is 1.08. The fourth-order valence-corrected chi connectivity index (χ4v) is 4.61. The maximum Gasteiger partial charge on any atom is 0.285 e. The van der Waals surface area contributed by atoms with E-state index in [0.717, 1.165) is 26.8 Å². The van der Waals surface area contributed by atoms with Gasteiger partial charge in [0, 0.05) is 10.0 Å². The Morgan fingerprint density at radius 1 is 1.27 bits per heavy atom. The van der Waals surface area contributed by atoms with E-state index in [2.05, 4.69) is 37.3 Å². The van der Waals surface area contributed by atoms with Crippen LogP contribution in [0, 0.1) is 0 Å². The second-order valence-corrected chi connectivity index (χ2v) is 9.38. The predicted octanol–water partition coefficient (Wildman–Crippen LogP) is 5.17. The van der Waals surface area contributed by atoms with E-state index in [0.29, 0.717) is 33.0 Å². The van der Waals surface area contributed by atoms with Crippen LogP contribution in [0.15, 0.2) is 50.2 Å². The number of hydrogen-bond acceptors (Lipinski definition) is 6. The molecule has 0 aliphatic carbocycles. The number of methoxy groups -OCH3 is 1. The number of hydrogen-bond donors (Lipinski definition) is 1. The number of nitrogens with zero attached hydrogens (tertiary/aromatic N) is 1. The number of benzene rings is 2. The maximum absolute atomic E-state index is 12.8. The number of amides is 2. The van der Waals surface area contributed by atoms with E-state index in [1.54, 1.807) is 43.5 Å². The van der Waals surface area contributed by atoms with Crippen molar-refractivity contribution >= 4 is 78.1 Å². The van der Waals surface area contributed by atoms with E-state index in [-0.39, 0.29) is 4.32 Å². The summed E-state index contributed by atoms with van der Waals surface area (Å²) >= 11 is 13.2. The molecule has 0 unspecified atom stereocenters. The van der Waals surface area contributed by atoms with Crippen molar-refractivity contribution in [1.82, 2.24) is 10.4 Å². The molecular formula is C20H16Br2N2O4S2. The lowest BCUT2D eigenvalue weighted by Gasteiger charge is -2.15. The zero-order chi connectivity index (χ0) is 21.8. The zero-order valence-corrected chi connectivity index (χ0v) is 20.7. The van der Waals surface area contributed by atoms with Crippen molar-refractivity contribution in [3.63, 3.8) is 0 Å². The Hall–Kier alpha value is -1.88. The Balaban J connectivity index is 1.82. The first kappa shape index (κ1) is 22.8. The monoisotopic (exact) mass is 570 g/mol. The molecule has 1 aliphatic heterocycles. The SMILES string of the molecule is CCOc1c(Br)cc(/C=C2\SC(=S)N(NC(=O)c3ccc(Br)cc3)C2=O)cc1OC. The van der Waals surface area contributed by atoms with Crippen molar-refractivity contribution in [2.24, 2.45) is 0 Å². The van der Waals surface area contributed by atoms with Crippen molar-refractivity contribution in [2.45, 2.75) is 6.92 Å². The van der Waals surface area contributed by atoms with Crippen LogP contribution in [-0.2, 0) is 4.79 Å². The highest BCUT2D eigenvalue weighted by molar-refractivity contribution is 9.10. The molecule has 0 spiro atoms. The van der Waals surface area contributed by atoms with Crippen molar-refractivity contribution in [1.29, 1.82) is 0 Å². The Kier molecular flexibility index (Phi) is 7.56. The molecule has 0 bridgehead atoms. The Labute approximate surface area is 200 Å². The van der Waals surface area contributed by atoms with Gasteiger partial charge in [-0.05, 0) is 83.1 Å². The van der Waals surface area contributed by atoms with Crippen LogP contribution in [-0.4, -0.2) is 34.9 Å². The molecule has 0 atom stereocenters. The molecule has 10 heteroatoms.